The van der Waals surface area contributed by atoms with Crippen LogP contribution in [0, 0.1) is 13.8 Å². The fraction of sp³-hybridized carbons (Fsp3) is 0.364. The Morgan fingerprint density at radius 2 is 1.59 bits per heavy atom. The molecule has 0 radical (unpaired) electrons. The normalized spacial score (nSPS) is 10.4. The predicted octanol–water partition coefficient (Wildman–Crippen LogP) is 4.14. The van der Waals surface area contributed by atoms with E-state index in [2.05, 4.69) is 30.1 Å². The summed E-state index contributed by atoms with van der Waals surface area (Å²) >= 11 is 0. The van der Waals surface area contributed by atoms with Crippen LogP contribution >= 0.6 is 0 Å². The van der Waals surface area contributed by atoms with Gasteiger partial charge in [0.05, 0.1) is 0 Å². The summed E-state index contributed by atoms with van der Waals surface area (Å²) in [5, 5.41) is 2.85. The highest BCUT2D eigenvalue weighted by Crippen LogP contribution is 2.26. The SMILES string of the molecule is CCN(CC)c1ccc(N(CC(=O)Nc2ccc(C)cc2)C(C)=O)c(C)c1. The van der Waals surface area contributed by atoms with Crippen molar-refractivity contribution in [2.24, 2.45) is 0 Å². The van der Waals surface area contributed by atoms with Crippen molar-refractivity contribution >= 4 is 28.9 Å². The largest absolute Gasteiger partial charge is 0.372 e. The van der Waals surface area contributed by atoms with Crippen LogP contribution in [0.3, 0.4) is 0 Å². The number of benzene rings is 2. The molecular weight excluding hydrogens is 338 g/mol. The van der Waals surface area contributed by atoms with E-state index in [0.29, 0.717) is 0 Å². The third-order valence-electron chi connectivity index (χ3n) is 4.62. The van der Waals surface area contributed by atoms with Gasteiger partial charge in [0, 0.05) is 37.1 Å². The summed E-state index contributed by atoms with van der Waals surface area (Å²) in [4.78, 5) is 28.4. The first-order valence-corrected chi connectivity index (χ1v) is 9.35. The van der Waals surface area contributed by atoms with Crippen LogP contribution in [0.5, 0.6) is 0 Å². The third-order valence-corrected chi connectivity index (χ3v) is 4.62. The highest BCUT2D eigenvalue weighted by atomic mass is 16.2. The van der Waals surface area contributed by atoms with Crippen LogP contribution in [0.2, 0.25) is 0 Å². The number of hydrogen-bond acceptors (Lipinski definition) is 3. The Hall–Kier alpha value is -2.82. The number of carbonyl (C=O) groups excluding carboxylic acids is 2. The number of nitrogens with one attached hydrogen (secondary N) is 1. The molecule has 2 aromatic carbocycles. The quantitative estimate of drug-likeness (QED) is 0.800. The lowest BCUT2D eigenvalue weighted by Gasteiger charge is -2.26. The molecule has 5 heteroatoms. The predicted molar refractivity (Wildman–Crippen MR) is 113 cm³/mol. The van der Waals surface area contributed by atoms with Gasteiger partial charge in [0.2, 0.25) is 11.8 Å². The van der Waals surface area contributed by atoms with E-state index in [1.54, 1.807) is 0 Å². The molecule has 0 unspecified atom stereocenters. The molecule has 2 aromatic rings. The summed E-state index contributed by atoms with van der Waals surface area (Å²) in [6.07, 6.45) is 0. The molecule has 0 aliphatic heterocycles. The van der Waals surface area contributed by atoms with E-state index in [4.69, 9.17) is 0 Å². The van der Waals surface area contributed by atoms with Gasteiger partial charge in [-0.1, -0.05) is 17.7 Å². The minimum absolute atomic E-state index is 0.0192. The van der Waals surface area contributed by atoms with Crippen molar-refractivity contribution in [3.8, 4) is 0 Å². The fourth-order valence-electron chi connectivity index (χ4n) is 3.08. The summed E-state index contributed by atoms with van der Waals surface area (Å²) < 4.78 is 0. The molecule has 2 rings (SSSR count). The van der Waals surface area contributed by atoms with Crippen LogP contribution in [0.15, 0.2) is 42.5 Å². The van der Waals surface area contributed by atoms with Gasteiger partial charge in [0.25, 0.3) is 0 Å². The molecule has 0 atom stereocenters. The molecule has 2 amide bonds. The van der Waals surface area contributed by atoms with Crippen molar-refractivity contribution in [3.05, 3.63) is 53.6 Å². The van der Waals surface area contributed by atoms with Gasteiger partial charge in [-0.15, -0.1) is 0 Å². The van der Waals surface area contributed by atoms with Gasteiger partial charge in [-0.3, -0.25) is 9.59 Å². The Bertz CT molecular complexity index is 796. The van der Waals surface area contributed by atoms with Crippen LogP contribution in [0.4, 0.5) is 17.1 Å². The minimum Gasteiger partial charge on any atom is -0.372 e. The Morgan fingerprint density at radius 1 is 0.963 bits per heavy atom. The third kappa shape index (κ3) is 5.33. The summed E-state index contributed by atoms with van der Waals surface area (Å²) in [6, 6.07) is 13.6. The van der Waals surface area contributed by atoms with Gasteiger partial charge >= 0.3 is 0 Å². The molecule has 1 N–H and O–H groups in total. The van der Waals surface area contributed by atoms with Gasteiger partial charge in [-0.05, 0) is 63.6 Å². The number of amides is 2. The van der Waals surface area contributed by atoms with Crippen molar-refractivity contribution in [2.45, 2.75) is 34.6 Å². The first kappa shape index (κ1) is 20.5. The molecule has 0 saturated carbocycles. The van der Waals surface area contributed by atoms with E-state index in [9.17, 15) is 9.59 Å². The van der Waals surface area contributed by atoms with E-state index >= 15 is 0 Å². The zero-order valence-corrected chi connectivity index (χ0v) is 16.9. The van der Waals surface area contributed by atoms with Crippen molar-refractivity contribution < 1.29 is 9.59 Å². The zero-order chi connectivity index (χ0) is 20.0. The molecule has 0 aromatic heterocycles. The second-order valence-corrected chi connectivity index (χ2v) is 6.66. The second-order valence-electron chi connectivity index (χ2n) is 6.66. The van der Waals surface area contributed by atoms with Crippen LogP contribution in [-0.4, -0.2) is 31.4 Å². The van der Waals surface area contributed by atoms with E-state index < -0.39 is 0 Å². The second kappa shape index (κ2) is 9.21. The lowest BCUT2D eigenvalue weighted by Crippen LogP contribution is -2.37. The number of anilines is 3. The average Bonchev–Trinajstić information content (AvgIpc) is 2.63. The summed E-state index contributed by atoms with van der Waals surface area (Å²) in [5.41, 5.74) is 4.70. The monoisotopic (exact) mass is 367 g/mol. The van der Waals surface area contributed by atoms with Crippen LogP contribution in [-0.2, 0) is 9.59 Å². The minimum atomic E-state index is -0.221. The first-order chi connectivity index (χ1) is 12.8. The molecular formula is C22H29N3O2. The first-order valence-electron chi connectivity index (χ1n) is 9.35. The molecule has 0 fully saturated rings. The van der Waals surface area contributed by atoms with Gasteiger partial charge in [-0.2, -0.15) is 0 Å². The standard InChI is InChI=1S/C22H29N3O2/c1-6-24(7-2)20-12-13-21(17(4)14-20)25(18(5)26)15-22(27)23-19-10-8-16(3)9-11-19/h8-14H,6-7,15H2,1-5H3,(H,23,27). The van der Waals surface area contributed by atoms with Crippen LogP contribution in [0.1, 0.15) is 31.9 Å². The molecule has 0 spiro atoms. The lowest BCUT2D eigenvalue weighted by atomic mass is 10.1. The van der Waals surface area contributed by atoms with E-state index in [0.717, 1.165) is 41.3 Å². The molecule has 0 saturated heterocycles. The molecule has 0 aliphatic carbocycles. The van der Waals surface area contributed by atoms with E-state index in [1.807, 2.05) is 50.2 Å². The Balaban J connectivity index is 2.18. The van der Waals surface area contributed by atoms with Gasteiger partial charge in [-0.25, -0.2) is 0 Å². The van der Waals surface area contributed by atoms with Crippen molar-refractivity contribution in [3.63, 3.8) is 0 Å². The fourth-order valence-corrected chi connectivity index (χ4v) is 3.08. The summed E-state index contributed by atoms with van der Waals surface area (Å²) in [5.74, 6) is -0.381. The molecule has 0 heterocycles. The number of aryl methyl sites for hydroxylation is 2. The number of nitrogens with zero attached hydrogens (tertiary/aromatic N) is 2. The Morgan fingerprint density at radius 3 is 2.11 bits per heavy atom. The van der Waals surface area contributed by atoms with Crippen molar-refractivity contribution in [2.75, 3.05) is 34.8 Å². The van der Waals surface area contributed by atoms with Crippen LogP contribution in [0.25, 0.3) is 0 Å². The van der Waals surface area contributed by atoms with Crippen molar-refractivity contribution in [1.82, 2.24) is 0 Å². The topological polar surface area (TPSA) is 52.6 Å². The van der Waals surface area contributed by atoms with E-state index in [1.165, 1.54) is 11.8 Å². The highest BCUT2D eigenvalue weighted by Gasteiger charge is 2.18. The summed E-state index contributed by atoms with van der Waals surface area (Å²) in [6.45, 7) is 11.5. The average molecular weight is 367 g/mol. The number of rotatable bonds is 7. The smallest absolute Gasteiger partial charge is 0.244 e. The van der Waals surface area contributed by atoms with Gasteiger partial charge < -0.3 is 15.1 Å². The molecule has 0 aliphatic rings. The highest BCUT2D eigenvalue weighted by molar-refractivity contribution is 6.02. The van der Waals surface area contributed by atoms with Gasteiger partial charge in [0.1, 0.15) is 6.54 Å². The molecule has 27 heavy (non-hydrogen) atoms. The molecule has 0 bridgehead atoms. The Kier molecular flexibility index (Phi) is 6.99. The maximum Gasteiger partial charge on any atom is 0.244 e. The van der Waals surface area contributed by atoms with Gasteiger partial charge in [0.15, 0.2) is 0 Å². The maximum absolute atomic E-state index is 12.5. The number of carbonyl (C=O) groups is 2. The lowest BCUT2D eigenvalue weighted by molar-refractivity contribution is -0.120. The van der Waals surface area contributed by atoms with E-state index in [-0.39, 0.29) is 18.4 Å². The molecule has 144 valence electrons. The van der Waals surface area contributed by atoms with Crippen LogP contribution < -0.4 is 15.1 Å². The number of hydrogen-bond donors (Lipinski definition) is 1. The zero-order valence-electron chi connectivity index (χ0n) is 16.9. The summed E-state index contributed by atoms with van der Waals surface area (Å²) in [7, 11) is 0. The molecule has 5 nitrogen and oxygen atoms in total. The van der Waals surface area contributed by atoms with Crippen molar-refractivity contribution in [1.29, 1.82) is 0 Å². The Labute approximate surface area is 162 Å². The maximum atomic E-state index is 12.5.